The lowest BCUT2D eigenvalue weighted by Crippen LogP contribution is -2.14. The fourth-order valence-corrected chi connectivity index (χ4v) is 2.49. The quantitative estimate of drug-likeness (QED) is 0.781. The number of nitrogens with zero attached hydrogens (tertiary/aromatic N) is 1. The number of benzene rings is 2. The van der Waals surface area contributed by atoms with Crippen LogP contribution in [0.3, 0.4) is 0 Å². The molecule has 1 N–H and O–H groups in total. The van der Waals surface area contributed by atoms with Gasteiger partial charge in [-0.1, -0.05) is 17.7 Å². The molecule has 0 aliphatic heterocycles. The molecule has 1 amide bonds. The molecule has 24 heavy (non-hydrogen) atoms. The van der Waals surface area contributed by atoms with Crippen molar-refractivity contribution >= 4 is 11.6 Å². The normalized spacial score (nSPS) is 10.5. The maximum absolute atomic E-state index is 12.6. The van der Waals surface area contributed by atoms with Crippen molar-refractivity contribution in [3.63, 3.8) is 0 Å². The summed E-state index contributed by atoms with van der Waals surface area (Å²) < 4.78 is 10.6. The fourth-order valence-electron chi connectivity index (χ4n) is 2.49. The summed E-state index contributed by atoms with van der Waals surface area (Å²) in [5.41, 5.74) is 3.91. The molecule has 0 aliphatic rings. The number of methoxy groups -OCH3 is 1. The molecule has 122 valence electrons. The van der Waals surface area contributed by atoms with Gasteiger partial charge >= 0.3 is 0 Å². The lowest BCUT2D eigenvalue weighted by Gasteiger charge is -2.08. The molecule has 5 nitrogen and oxygen atoms in total. The Hall–Kier alpha value is -3.08. The summed E-state index contributed by atoms with van der Waals surface area (Å²) in [6.07, 6.45) is 1.27. The first-order chi connectivity index (χ1) is 11.6. The minimum atomic E-state index is -0.304. The molecule has 0 aliphatic carbocycles. The van der Waals surface area contributed by atoms with Gasteiger partial charge in [0.1, 0.15) is 5.75 Å². The average molecular weight is 322 g/mol. The van der Waals surface area contributed by atoms with Gasteiger partial charge in [0.2, 0.25) is 0 Å². The Balaban J connectivity index is 1.87. The van der Waals surface area contributed by atoms with E-state index in [0.29, 0.717) is 5.76 Å². The van der Waals surface area contributed by atoms with E-state index >= 15 is 0 Å². The van der Waals surface area contributed by atoms with Crippen molar-refractivity contribution in [3.05, 3.63) is 65.7 Å². The molecule has 5 heteroatoms. The molecule has 3 aromatic rings. The number of amides is 1. The minimum absolute atomic E-state index is 0.250. The molecule has 0 saturated heterocycles. The third-order valence-corrected chi connectivity index (χ3v) is 3.76. The molecule has 0 bridgehead atoms. The highest BCUT2D eigenvalue weighted by Crippen LogP contribution is 2.26. The molecular formula is C19H18N2O3. The second kappa shape index (κ2) is 6.58. The van der Waals surface area contributed by atoms with E-state index in [9.17, 15) is 4.79 Å². The van der Waals surface area contributed by atoms with Gasteiger partial charge in [-0.15, -0.1) is 0 Å². The largest absolute Gasteiger partial charge is 0.497 e. The summed E-state index contributed by atoms with van der Waals surface area (Å²) in [7, 11) is 1.60. The number of aromatic nitrogens is 1. The smallest absolute Gasteiger partial charge is 0.278 e. The van der Waals surface area contributed by atoms with Gasteiger partial charge in [0.25, 0.3) is 5.91 Å². The maximum atomic E-state index is 12.6. The number of carbonyl (C=O) groups excluding carboxylic acids is 1. The summed E-state index contributed by atoms with van der Waals surface area (Å²) in [5, 5.41) is 2.89. The highest BCUT2D eigenvalue weighted by atomic mass is 16.5. The Kier molecular flexibility index (Phi) is 4.33. The standard InChI is InChI=1S/C19H18N2O3/c1-12-4-9-16(13(2)10-12)21-19(22)17-18(24-11-20-17)14-5-7-15(23-3)8-6-14/h4-11H,1-3H3,(H,21,22). The first-order valence-electron chi connectivity index (χ1n) is 7.55. The van der Waals surface area contributed by atoms with Crippen molar-refractivity contribution in [1.82, 2.24) is 4.98 Å². The maximum Gasteiger partial charge on any atom is 0.278 e. The molecule has 1 heterocycles. The van der Waals surface area contributed by atoms with Crippen molar-refractivity contribution in [3.8, 4) is 17.1 Å². The Morgan fingerprint density at radius 2 is 1.88 bits per heavy atom. The van der Waals surface area contributed by atoms with Gasteiger partial charge in [0, 0.05) is 11.3 Å². The summed E-state index contributed by atoms with van der Waals surface area (Å²) in [4.78, 5) is 16.6. The monoisotopic (exact) mass is 322 g/mol. The zero-order valence-electron chi connectivity index (χ0n) is 13.8. The van der Waals surface area contributed by atoms with Crippen LogP contribution in [0.15, 0.2) is 53.3 Å². The van der Waals surface area contributed by atoms with E-state index in [-0.39, 0.29) is 11.6 Å². The van der Waals surface area contributed by atoms with Crippen molar-refractivity contribution in [2.75, 3.05) is 12.4 Å². The second-order valence-electron chi connectivity index (χ2n) is 5.53. The van der Waals surface area contributed by atoms with Gasteiger partial charge in [-0.3, -0.25) is 4.79 Å². The number of hydrogen-bond donors (Lipinski definition) is 1. The molecule has 0 radical (unpaired) electrons. The Labute approximate surface area is 140 Å². The second-order valence-corrected chi connectivity index (χ2v) is 5.53. The fraction of sp³-hybridized carbons (Fsp3) is 0.158. The molecule has 0 spiro atoms. The molecule has 2 aromatic carbocycles. The topological polar surface area (TPSA) is 64.4 Å². The lowest BCUT2D eigenvalue weighted by atomic mass is 10.1. The van der Waals surface area contributed by atoms with E-state index in [0.717, 1.165) is 28.1 Å². The van der Waals surface area contributed by atoms with Crippen LogP contribution in [0, 0.1) is 13.8 Å². The van der Waals surface area contributed by atoms with Crippen molar-refractivity contribution in [2.24, 2.45) is 0 Å². The molecule has 0 unspecified atom stereocenters. The number of carbonyl (C=O) groups is 1. The summed E-state index contributed by atoms with van der Waals surface area (Å²) in [6.45, 7) is 3.97. The molecular weight excluding hydrogens is 304 g/mol. The molecule has 0 fully saturated rings. The highest BCUT2D eigenvalue weighted by molar-refractivity contribution is 6.06. The predicted octanol–water partition coefficient (Wildman–Crippen LogP) is 4.22. The number of aryl methyl sites for hydroxylation is 2. The van der Waals surface area contributed by atoms with Crippen LogP contribution in [0.2, 0.25) is 0 Å². The molecule has 1 aromatic heterocycles. The summed E-state index contributed by atoms with van der Waals surface area (Å²) >= 11 is 0. The zero-order valence-corrected chi connectivity index (χ0v) is 13.8. The van der Waals surface area contributed by atoms with Crippen LogP contribution in [-0.2, 0) is 0 Å². The highest BCUT2D eigenvalue weighted by Gasteiger charge is 2.19. The summed E-state index contributed by atoms with van der Waals surface area (Å²) in [5.74, 6) is 0.862. The minimum Gasteiger partial charge on any atom is -0.497 e. The number of oxazole rings is 1. The van der Waals surface area contributed by atoms with E-state index in [1.54, 1.807) is 7.11 Å². The molecule has 0 atom stereocenters. The van der Waals surface area contributed by atoms with E-state index in [1.807, 2.05) is 56.3 Å². The molecule has 3 rings (SSSR count). The van der Waals surface area contributed by atoms with Gasteiger partial charge < -0.3 is 14.5 Å². The van der Waals surface area contributed by atoms with E-state index in [2.05, 4.69) is 10.3 Å². The Morgan fingerprint density at radius 3 is 2.54 bits per heavy atom. The van der Waals surface area contributed by atoms with Gasteiger partial charge in [-0.05, 0) is 49.7 Å². The van der Waals surface area contributed by atoms with Crippen LogP contribution in [0.4, 0.5) is 5.69 Å². The molecule has 0 saturated carbocycles. The van der Waals surface area contributed by atoms with Crippen molar-refractivity contribution < 1.29 is 13.9 Å². The van der Waals surface area contributed by atoms with E-state index in [4.69, 9.17) is 9.15 Å². The van der Waals surface area contributed by atoms with Crippen LogP contribution < -0.4 is 10.1 Å². The summed E-state index contributed by atoms with van der Waals surface area (Å²) in [6, 6.07) is 13.1. The van der Waals surface area contributed by atoms with Gasteiger partial charge in [0.05, 0.1) is 7.11 Å². The number of ether oxygens (including phenoxy) is 1. The third kappa shape index (κ3) is 3.15. The number of rotatable bonds is 4. The van der Waals surface area contributed by atoms with Crippen LogP contribution in [0.1, 0.15) is 21.6 Å². The van der Waals surface area contributed by atoms with Crippen molar-refractivity contribution in [2.45, 2.75) is 13.8 Å². The SMILES string of the molecule is COc1ccc(-c2ocnc2C(=O)Nc2ccc(C)cc2C)cc1. The average Bonchev–Trinajstić information content (AvgIpc) is 3.07. The first-order valence-corrected chi connectivity index (χ1v) is 7.55. The Bertz CT molecular complexity index is 867. The predicted molar refractivity (Wildman–Crippen MR) is 92.4 cm³/mol. The van der Waals surface area contributed by atoms with Crippen molar-refractivity contribution in [1.29, 1.82) is 0 Å². The Morgan fingerprint density at radius 1 is 1.12 bits per heavy atom. The zero-order chi connectivity index (χ0) is 17.1. The van der Waals surface area contributed by atoms with Crippen LogP contribution in [-0.4, -0.2) is 18.0 Å². The van der Waals surface area contributed by atoms with E-state index < -0.39 is 0 Å². The van der Waals surface area contributed by atoms with Crippen LogP contribution >= 0.6 is 0 Å². The number of hydrogen-bond acceptors (Lipinski definition) is 4. The lowest BCUT2D eigenvalue weighted by molar-refractivity contribution is 0.102. The third-order valence-electron chi connectivity index (χ3n) is 3.76. The number of anilines is 1. The van der Waals surface area contributed by atoms with Gasteiger partial charge in [-0.2, -0.15) is 0 Å². The number of nitrogens with one attached hydrogen (secondary N) is 1. The van der Waals surface area contributed by atoms with E-state index in [1.165, 1.54) is 6.39 Å². The first kappa shape index (κ1) is 15.8. The van der Waals surface area contributed by atoms with Gasteiger partial charge in [0.15, 0.2) is 17.8 Å². The van der Waals surface area contributed by atoms with Crippen LogP contribution in [0.5, 0.6) is 5.75 Å². The van der Waals surface area contributed by atoms with Crippen LogP contribution in [0.25, 0.3) is 11.3 Å². The van der Waals surface area contributed by atoms with Gasteiger partial charge in [-0.25, -0.2) is 4.98 Å².